The number of carbonyl (C=O) groups is 2. The van der Waals surface area contributed by atoms with E-state index >= 15 is 0 Å². The number of hydrogen-bond acceptors (Lipinski definition) is 6. The standard InChI is InChI=1S/C27H38N2O9P2/c1-19(23-10-14-24(15-11-23)37-17-22-6-4-3-5-7-22)28-27(31)26(29-20(2)30)16-21-8-12-25(13-9-21)38-40(35,36)18-39(32,33)34/h8-15,19,22,26H,3-7,16-18H2,1-2H3,(H,28,31)(H,29,30)(H,35,36)(H2,32,33,34)/t19-,26-/m0/s1. The van der Waals surface area contributed by atoms with Crippen molar-refractivity contribution in [2.75, 3.05) is 12.5 Å². The first-order valence-corrected chi connectivity index (χ1v) is 16.8. The summed E-state index contributed by atoms with van der Waals surface area (Å²) in [6.07, 6.45) is 6.37. The molecule has 0 spiro atoms. The molecule has 11 nitrogen and oxygen atoms in total. The predicted octanol–water partition coefficient (Wildman–Crippen LogP) is 4.27. The lowest BCUT2D eigenvalue weighted by atomic mass is 9.90. The Hall–Kier alpha value is -2.68. The Balaban J connectivity index is 1.57. The van der Waals surface area contributed by atoms with Gasteiger partial charge in [0.2, 0.25) is 11.8 Å². The summed E-state index contributed by atoms with van der Waals surface area (Å²) < 4.78 is 33.8. The van der Waals surface area contributed by atoms with Crippen LogP contribution < -0.4 is 19.9 Å². The summed E-state index contributed by atoms with van der Waals surface area (Å²) in [4.78, 5) is 52.4. The Morgan fingerprint density at radius 1 is 0.925 bits per heavy atom. The number of rotatable bonds is 13. The molecule has 1 saturated carbocycles. The normalized spacial score (nSPS) is 17.2. The summed E-state index contributed by atoms with van der Waals surface area (Å²) >= 11 is 0. The number of carbonyl (C=O) groups excluding carboxylic acids is 2. The van der Waals surface area contributed by atoms with E-state index in [4.69, 9.17) is 19.0 Å². The molecule has 1 unspecified atom stereocenters. The van der Waals surface area contributed by atoms with E-state index in [2.05, 4.69) is 10.6 Å². The zero-order chi connectivity index (χ0) is 29.3. The lowest BCUT2D eigenvalue weighted by molar-refractivity contribution is -0.128. The average Bonchev–Trinajstić information content (AvgIpc) is 2.87. The minimum atomic E-state index is -4.75. The Morgan fingerprint density at radius 3 is 2.10 bits per heavy atom. The first-order valence-electron chi connectivity index (χ1n) is 13.2. The van der Waals surface area contributed by atoms with E-state index in [0.717, 1.165) is 11.3 Å². The minimum absolute atomic E-state index is 0.0663. The molecule has 0 aromatic heterocycles. The molecule has 0 bridgehead atoms. The molecule has 2 aromatic carbocycles. The Labute approximate surface area is 234 Å². The minimum Gasteiger partial charge on any atom is -0.493 e. The second-order valence-electron chi connectivity index (χ2n) is 10.3. The maximum absolute atomic E-state index is 13.1. The van der Waals surface area contributed by atoms with E-state index in [-0.39, 0.29) is 30.0 Å². The van der Waals surface area contributed by atoms with Crippen LogP contribution in [-0.2, 0) is 25.1 Å². The van der Waals surface area contributed by atoms with Crippen molar-refractivity contribution in [1.82, 2.24) is 10.6 Å². The molecule has 1 aliphatic rings. The first kappa shape index (κ1) is 31.8. The number of nitrogens with one attached hydrogen (secondary N) is 2. The summed E-state index contributed by atoms with van der Waals surface area (Å²) in [6, 6.07) is 12.1. The van der Waals surface area contributed by atoms with Crippen LogP contribution in [0.15, 0.2) is 48.5 Å². The summed E-state index contributed by atoms with van der Waals surface area (Å²) in [5.41, 5.74) is 1.50. The molecule has 2 aromatic rings. The van der Waals surface area contributed by atoms with Crippen LogP contribution in [0.3, 0.4) is 0 Å². The summed E-state index contributed by atoms with van der Waals surface area (Å²) in [5.74, 6) is -0.752. The third kappa shape index (κ3) is 11.1. The van der Waals surface area contributed by atoms with Crippen molar-refractivity contribution in [3.8, 4) is 11.5 Å². The second-order valence-corrected chi connectivity index (χ2v) is 14.2. The van der Waals surface area contributed by atoms with Gasteiger partial charge in [0.25, 0.3) is 0 Å². The Kier molecular flexibility index (Phi) is 11.4. The SMILES string of the molecule is CC(=O)N[C@@H](Cc1ccc(OP(=O)(O)CP(=O)(O)O)cc1)C(=O)N[C@@H](C)c1ccc(OCC2CCCCC2)cc1. The first-order chi connectivity index (χ1) is 18.8. The summed E-state index contributed by atoms with van der Waals surface area (Å²) in [6.45, 7) is 3.87. The van der Waals surface area contributed by atoms with Gasteiger partial charge in [-0.2, -0.15) is 0 Å². The number of benzene rings is 2. The van der Waals surface area contributed by atoms with Gasteiger partial charge in [-0.15, -0.1) is 0 Å². The maximum atomic E-state index is 13.1. The third-order valence-corrected chi connectivity index (χ3v) is 10.0. The summed E-state index contributed by atoms with van der Waals surface area (Å²) in [7, 11) is -9.32. The van der Waals surface area contributed by atoms with Gasteiger partial charge in [0.15, 0.2) is 5.90 Å². The highest BCUT2D eigenvalue weighted by atomic mass is 31.2. The lowest BCUT2D eigenvalue weighted by Crippen LogP contribution is -2.47. The second kappa shape index (κ2) is 14.3. The number of ether oxygens (including phenoxy) is 1. The van der Waals surface area contributed by atoms with Gasteiger partial charge in [0, 0.05) is 13.3 Å². The van der Waals surface area contributed by atoms with Gasteiger partial charge in [-0.05, 0) is 61.1 Å². The predicted molar refractivity (Wildman–Crippen MR) is 150 cm³/mol. The fourth-order valence-corrected chi connectivity index (χ4v) is 7.17. The van der Waals surface area contributed by atoms with E-state index in [1.165, 1.54) is 63.3 Å². The zero-order valence-electron chi connectivity index (χ0n) is 22.7. The molecular weight excluding hydrogens is 558 g/mol. The third-order valence-electron chi connectivity index (χ3n) is 6.62. The molecule has 1 aliphatic carbocycles. The number of amides is 2. The molecular formula is C27H38N2O9P2. The Morgan fingerprint density at radius 2 is 1.52 bits per heavy atom. The van der Waals surface area contributed by atoms with E-state index in [1.807, 2.05) is 31.2 Å². The van der Waals surface area contributed by atoms with Gasteiger partial charge < -0.3 is 34.6 Å². The van der Waals surface area contributed by atoms with Crippen molar-refractivity contribution < 1.29 is 42.7 Å². The molecule has 220 valence electrons. The molecule has 0 radical (unpaired) electrons. The monoisotopic (exact) mass is 596 g/mol. The maximum Gasteiger partial charge on any atom is 0.388 e. The number of hydrogen-bond donors (Lipinski definition) is 5. The van der Waals surface area contributed by atoms with Crippen LogP contribution in [0.2, 0.25) is 0 Å². The van der Waals surface area contributed by atoms with Crippen LogP contribution >= 0.6 is 15.2 Å². The van der Waals surface area contributed by atoms with Gasteiger partial charge >= 0.3 is 15.2 Å². The van der Waals surface area contributed by atoms with Crippen LogP contribution in [0.4, 0.5) is 0 Å². The highest BCUT2D eigenvalue weighted by Crippen LogP contribution is 2.55. The van der Waals surface area contributed by atoms with Crippen molar-refractivity contribution in [1.29, 1.82) is 0 Å². The fourth-order valence-electron chi connectivity index (χ4n) is 4.62. The zero-order valence-corrected chi connectivity index (χ0v) is 24.5. The van der Waals surface area contributed by atoms with Gasteiger partial charge in [0.05, 0.1) is 12.6 Å². The van der Waals surface area contributed by atoms with Gasteiger partial charge in [-0.25, -0.2) is 4.57 Å². The molecule has 3 rings (SSSR count). The smallest absolute Gasteiger partial charge is 0.388 e. The molecule has 3 atom stereocenters. The molecule has 0 saturated heterocycles. The molecule has 40 heavy (non-hydrogen) atoms. The van der Waals surface area contributed by atoms with Gasteiger partial charge in [-0.3, -0.25) is 14.2 Å². The van der Waals surface area contributed by atoms with Crippen molar-refractivity contribution >= 4 is 27.0 Å². The van der Waals surface area contributed by atoms with Crippen LogP contribution in [0.25, 0.3) is 0 Å². The largest absolute Gasteiger partial charge is 0.493 e. The van der Waals surface area contributed by atoms with Crippen molar-refractivity contribution in [3.05, 3.63) is 59.7 Å². The van der Waals surface area contributed by atoms with Crippen molar-refractivity contribution in [2.45, 2.75) is 64.5 Å². The molecule has 1 fully saturated rings. The molecule has 2 amide bonds. The van der Waals surface area contributed by atoms with Gasteiger partial charge in [0.1, 0.15) is 17.5 Å². The van der Waals surface area contributed by atoms with Crippen LogP contribution in [0.1, 0.15) is 63.1 Å². The molecule has 13 heteroatoms. The van der Waals surface area contributed by atoms with E-state index in [0.29, 0.717) is 18.1 Å². The molecule has 0 aliphatic heterocycles. The van der Waals surface area contributed by atoms with E-state index in [9.17, 15) is 23.6 Å². The Bertz CT molecular complexity index is 1230. The van der Waals surface area contributed by atoms with Crippen LogP contribution in [0, 0.1) is 5.92 Å². The average molecular weight is 597 g/mol. The van der Waals surface area contributed by atoms with Crippen LogP contribution in [-0.4, -0.2) is 45.0 Å². The quantitative estimate of drug-likeness (QED) is 0.212. The topological polar surface area (TPSA) is 171 Å². The van der Waals surface area contributed by atoms with Crippen molar-refractivity contribution in [2.24, 2.45) is 5.92 Å². The highest BCUT2D eigenvalue weighted by Gasteiger charge is 2.32. The lowest BCUT2D eigenvalue weighted by Gasteiger charge is -2.22. The molecule has 0 heterocycles. The van der Waals surface area contributed by atoms with E-state index in [1.54, 1.807) is 0 Å². The van der Waals surface area contributed by atoms with Crippen LogP contribution in [0.5, 0.6) is 11.5 Å². The summed E-state index contributed by atoms with van der Waals surface area (Å²) in [5, 5.41) is 5.57. The highest BCUT2D eigenvalue weighted by molar-refractivity contribution is 7.70. The van der Waals surface area contributed by atoms with E-state index < -0.39 is 27.1 Å². The fraction of sp³-hybridized carbons (Fsp3) is 0.481. The van der Waals surface area contributed by atoms with Gasteiger partial charge in [-0.1, -0.05) is 43.5 Å². The molecule has 5 N–H and O–H groups in total. The van der Waals surface area contributed by atoms with Crippen molar-refractivity contribution in [3.63, 3.8) is 0 Å².